The summed E-state index contributed by atoms with van der Waals surface area (Å²) in [7, 11) is 0. The molecule has 3 aromatic rings. The van der Waals surface area contributed by atoms with Gasteiger partial charge in [0.05, 0.1) is 12.0 Å². The maximum Gasteiger partial charge on any atom is 0.253 e. The lowest BCUT2D eigenvalue weighted by Crippen LogP contribution is -2.49. The zero-order valence-corrected chi connectivity index (χ0v) is 16.3. The molecule has 2 aliphatic rings. The highest BCUT2D eigenvalue weighted by atomic mass is 16.2. The fraction of sp³-hybridized carbons (Fsp3) is 0.364. The van der Waals surface area contributed by atoms with Gasteiger partial charge >= 0.3 is 0 Å². The van der Waals surface area contributed by atoms with Gasteiger partial charge < -0.3 is 14.4 Å². The first-order valence-corrected chi connectivity index (χ1v) is 10.2. The molecule has 0 unspecified atom stereocenters. The summed E-state index contributed by atoms with van der Waals surface area (Å²) in [6.07, 6.45) is 7.97. The topological polar surface area (TPSA) is 67.2 Å². The van der Waals surface area contributed by atoms with Crippen LogP contribution in [0.15, 0.2) is 55.1 Å². The number of anilines is 1. The number of hydrogen-bond acceptors (Lipinski definition) is 5. The molecule has 1 saturated carbocycles. The molecule has 2 aromatic heterocycles. The van der Waals surface area contributed by atoms with Gasteiger partial charge in [0, 0.05) is 56.6 Å². The molecule has 1 amide bonds. The average molecular weight is 388 g/mol. The molecule has 0 N–H and O–H groups in total. The smallest absolute Gasteiger partial charge is 0.253 e. The predicted molar refractivity (Wildman–Crippen MR) is 110 cm³/mol. The maximum absolute atomic E-state index is 12.9. The number of piperazine rings is 1. The van der Waals surface area contributed by atoms with Crippen LogP contribution in [-0.2, 0) is 6.54 Å². The molecule has 0 radical (unpaired) electrons. The first-order valence-electron chi connectivity index (χ1n) is 10.2. The van der Waals surface area contributed by atoms with Gasteiger partial charge in [0.1, 0.15) is 0 Å². The molecule has 0 spiro atoms. The Bertz CT molecular complexity index is 956. The molecule has 1 aliphatic carbocycles. The maximum atomic E-state index is 12.9. The molecule has 5 rings (SSSR count). The van der Waals surface area contributed by atoms with Crippen LogP contribution in [0.2, 0.25) is 0 Å². The summed E-state index contributed by atoms with van der Waals surface area (Å²) in [5, 5.41) is 8.77. The molecule has 0 atom stereocenters. The molecule has 1 saturated heterocycles. The van der Waals surface area contributed by atoms with Gasteiger partial charge in [-0.3, -0.25) is 4.79 Å². The Labute approximate surface area is 170 Å². The number of hydrogen-bond donors (Lipinski definition) is 0. The molecular weight excluding hydrogens is 364 g/mol. The van der Waals surface area contributed by atoms with Gasteiger partial charge in [-0.05, 0) is 42.7 Å². The minimum atomic E-state index is 0.0917. The third-order valence-electron chi connectivity index (χ3n) is 5.68. The molecule has 7 heteroatoms. The van der Waals surface area contributed by atoms with Crippen molar-refractivity contribution < 1.29 is 4.79 Å². The number of rotatable bonds is 5. The molecule has 29 heavy (non-hydrogen) atoms. The van der Waals surface area contributed by atoms with Crippen LogP contribution >= 0.6 is 0 Å². The second-order valence-corrected chi connectivity index (χ2v) is 7.80. The predicted octanol–water partition coefficient (Wildman–Crippen LogP) is 2.56. The molecule has 0 bridgehead atoms. The van der Waals surface area contributed by atoms with E-state index in [0.29, 0.717) is 19.0 Å². The quantitative estimate of drug-likeness (QED) is 0.672. The van der Waals surface area contributed by atoms with E-state index in [1.165, 1.54) is 12.8 Å². The summed E-state index contributed by atoms with van der Waals surface area (Å²) < 4.78 is 2.01. The molecule has 148 valence electrons. The van der Waals surface area contributed by atoms with Crippen LogP contribution < -0.4 is 4.90 Å². The van der Waals surface area contributed by atoms with E-state index in [1.54, 1.807) is 12.5 Å². The number of carbonyl (C=O) groups is 1. The van der Waals surface area contributed by atoms with Gasteiger partial charge in [0.15, 0.2) is 5.82 Å². The van der Waals surface area contributed by atoms with Crippen molar-refractivity contribution >= 4 is 11.7 Å². The zero-order chi connectivity index (χ0) is 19.6. The number of imidazole rings is 1. The van der Waals surface area contributed by atoms with Crippen molar-refractivity contribution in [2.24, 2.45) is 0 Å². The SMILES string of the molecule is O=C(c1ccc(Cn2ccnc2)cc1)N1CCN(c2ccc(C3CC3)nn2)CC1. The fourth-order valence-electron chi connectivity index (χ4n) is 3.77. The number of aromatic nitrogens is 4. The van der Waals surface area contributed by atoms with Crippen molar-refractivity contribution in [2.45, 2.75) is 25.3 Å². The van der Waals surface area contributed by atoms with E-state index < -0.39 is 0 Å². The monoisotopic (exact) mass is 388 g/mol. The summed E-state index contributed by atoms with van der Waals surface area (Å²) >= 11 is 0. The number of nitrogens with zero attached hydrogens (tertiary/aromatic N) is 6. The van der Waals surface area contributed by atoms with E-state index in [2.05, 4.69) is 32.2 Å². The van der Waals surface area contributed by atoms with Crippen molar-refractivity contribution in [1.82, 2.24) is 24.6 Å². The van der Waals surface area contributed by atoms with Crippen molar-refractivity contribution in [3.63, 3.8) is 0 Å². The van der Waals surface area contributed by atoms with Crippen molar-refractivity contribution in [3.8, 4) is 0 Å². The molecule has 1 aromatic carbocycles. The third kappa shape index (κ3) is 3.99. The van der Waals surface area contributed by atoms with Gasteiger partial charge in [0.2, 0.25) is 0 Å². The Balaban J connectivity index is 1.17. The first-order chi connectivity index (χ1) is 14.3. The molecule has 3 heterocycles. The van der Waals surface area contributed by atoms with Crippen molar-refractivity contribution in [3.05, 3.63) is 71.9 Å². The first kappa shape index (κ1) is 17.8. The van der Waals surface area contributed by atoms with Crippen molar-refractivity contribution in [1.29, 1.82) is 0 Å². The van der Waals surface area contributed by atoms with Gasteiger partial charge in [-0.1, -0.05) is 12.1 Å². The Kier molecular flexibility index (Phi) is 4.71. The Hall–Kier alpha value is -3.22. The van der Waals surface area contributed by atoms with Crippen LogP contribution in [0.4, 0.5) is 5.82 Å². The highest BCUT2D eigenvalue weighted by Gasteiger charge is 2.26. The van der Waals surface area contributed by atoms with E-state index in [1.807, 2.05) is 39.9 Å². The van der Waals surface area contributed by atoms with Crippen LogP contribution in [0, 0.1) is 0 Å². The van der Waals surface area contributed by atoms with E-state index in [0.717, 1.165) is 42.3 Å². The second kappa shape index (κ2) is 7.66. The van der Waals surface area contributed by atoms with Crippen LogP contribution in [0.5, 0.6) is 0 Å². The van der Waals surface area contributed by atoms with Gasteiger partial charge in [-0.2, -0.15) is 5.10 Å². The normalized spacial score (nSPS) is 16.8. The summed E-state index contributed by atoms with van der Waals surface area (Å²) in [4.78, 5) is 21.1. The van der Waals surface area contributed by atoms with Crippen LogP contribution in [-0.4, -0.2) is 56.7 Å². The lowest BCUT2D eigenvalue weighted by Gasteiger charge is -2.35. The molecule has 1 aliphatic heterocycles. The zero-order valence-electron chi connectivity index (χ0n) is 16.3. The summed E-state index contributed by atoms with van der Waals surface area (Å²) in [6, 6.07) is 12.0. The highest BCUT2D eigenvalue weighted by molar-refractivity contribution is 5.94. The van der Waals surface area contributed by atoms with Gasteiger partial charge in [0.25, 0.3) is 5.91 Å². The van der Waals surface area contributed by atoms with Crippen molar-refractivity contribution in [2.75, 3.05) is 31.1 Å². The summed E-state index contributed by atoms with van der Waals surface area (Å²) in [5.74, 6) is 1.62. The number of carbonyl (C=O) groups excluding carboxylic acids is 1. The van der Waals surface area contributed by atoms with Crippen LogP contribution in [0.3, 0.4) is 0 Å². The van der Waals surface area contributed by atoms with Crippen LogP contribution in [0.1, 0.15) is 40.4 Å². The Morgan fingerprint density at radius 3 is 2.38 bits per heavy atom. The fourth-order valence-corrected chi connectivity index (χ4v) is 3.77. The Morgan fingerprint density at radius 1 is 0.966 bits per heavy atom. The van der Waals surface area contributed by atoms with E-state index in [4.69, 9.17) is 0 Å². The van der Waals surface area contributed by atoms with Gasteiger partial charge in [-0.15, -0.1) is 5.10 Å². The standard InChI is InChI=1S/C22H24N6O/c29-22(19-3-1-17(2-4-19)15-26-10-9-23-16-26)28-13-11-27(12-14-28)21-8-7-20(24-25-21)18-5-6-18/h1-4,7-10,16,18H,5-6,11-15H2. The summed E-state index contributed by atoms with van der Waals surface area (Å²) in [5.41, 5.74) is 3.00. The Morgan fingerprint density at radius 2 is 1.76 bits per heavy atom. The molecule has 2 fully saturated rings. The lowest BCUT2D eigenvalue weighted by atomic mass is 10.1. The van der Waals surface area contributed by atoms with E-state index >= 15 is 0 Å². The average Bonchev–Trinajstić information content (AvgIpc) is 3.51. The largest absolute Gasteiger partial charge is 0.352 e. The third-order valence-corrected chi connectivity index (χ3v) is 5.68. The van der Waals surface area contributed by atoms with Crippen LogP contribution in [0.25, 0.3) is 0 Å². The van der Waals surface area contributed by atoms with E-state index in [9.17, 15) is 4.79 Å². The number of amides is 1. The summed E-state index contributed by atoms with van der Waals surface area (Å²) in [6.45, 7) is 3.71. The number of benzene rings is 1. The molecular formula is C22H24N6O. The second-order valence-electron chi connectivity index (χ2n) is 7.80. The van der Waals surface area contributed by atoms with Gasteiger partial charge in [-0.25, -0.2) is 4.98 Å². The lowest BCUT2D eigenvalue weighted by molar-refractivity contribution is 0.0746. The minimum Gasteiger partial charge on any atom is -0.352 e. The van der Waals surface area contributed by atoms with E-state index in [-0.39, 0.29) is 5.91 Å². The minimum absolute atomic E-state index is 0.0917. The highest BCUT2D eigenvalue weighted by Crippen LogP contribution is 2.38. The molecule has 7 nitrogen and oxygen atoms in total.